The van der Waals surface area contributed by atoms with Crippen molar-refractivity contribution in [2.75, 3.05) is 19.7 Å². The normalized spacial score (nSPS) is 15.3. The predicted octanol–water partition coefficient (Wildman–Crippen LogP) is 4.85. The van der Waals surface area contributed by atoms with Crippen LogP contribution in [0.2, 0.25) is 0 Å². The molecule has 2 aromatic rings. The molecule has 134 valence electrons. The number of hydrogen-bond donors (Lipinski definition) is 0. The molecular formula is C20H26N2O2S. The Morgan fingerprint density at radius 3 is 2.76 bits per heavy atom. The molecule has 0 bridgehead atoms. The van der Waals surface area contributed by atoms with Crippen molar-refractivity contribution in [3.8, 4) is 0 Å². The van der Waals surface area contributed by atoms with E-state index in [9.17, 15) is 4.79 Å². The van der Waals surface area contributed by atoms with E-state index in [1.165, 1.54) is 15.4 Å². The fourth-order valence-corrected chi connectivity index (χ4v) is 4.23. The molecule has 2 heterocycles. The van der Waals surface area contributed by atoms with E-state index in [-0.39, 0.29) is 6.09 Å². The fourth-order valence-electron chi connectivity index (χ4n) is 3.11. The molecular weight excluding hydrogens is 332 g/mol. The van der Waals surface area contributed by atoms with Crippen LogP contribution in [0.5, 0.6) is 0 Å². The highest BCUT2D eigenvalue weighted by Crippen LogP contribution is 2.32. The molecule has 1 aromatic carbocycles. The van der Waals surface area contributed by atoms with Crippen LogP contribution in [0.3, 0.4) is 0 Å². The molecule has 1 amide bonds. The molecule has 1 fully saturated rings. The van der Waals surface area contributed by atoms with Gasteiger partial charge in [-0.15, -0.1) is 11.3 Å². The van der Waals surface area contributed by atoms with E-state index in [1.54, 1.807) is 0 Å². The number of piperidine rings is 1. The average Bonchev–Trinajstić information content (AvgIpc) is 3.11. The third-order valence-electron chi connectivity index (χ3n) is 4.65. The maximum Gasteiger partial charge on any atom is 0.409 e. The lowest BCUT2D eigenvalue weighted by molar-refractivity contribution is 0.0917. The van der Waals surface area contributed by atoms with Crippen LogP contribution in [0, 0.1) is 0 Å². The van der Waals surface area contributed by atoms with Gasteiger partial charge in [0, 0.05) is 30.6 Å². The monoisotopic (exact) mass is 358 g/mol. The number of amides is 1. The number of nitrogens with zero attached hydrogens (tertiary/aromatic N) is 2. The largest absolute Gasteiger partial charge is 0.449 e. The van der Waals surface area contributed by atoms with Gasteiger partial charge in [-0.05, 0) is 30.7 Å². The van der Waals surface area contributed by atoms with Gasteiger partial charge in [-0.1, -0.05) is 43.7 Å². The maximum atomic E-state index is 12.0. The van der Waals surface area contributed by atoms with Gasteiger partial charge in [0.25, 0.3) is 0 Å². The first-order chi connectivity index (χ1) is 12.3. The van der Waals surface area contributed by atoms with E-state index in [2.05, 4.69) is 36.2 Å². The number of carbonyl (C=O) groups excluding carboxylic acids is 1. The SMILES string of the molecule is CCCCOC(=O)N1CCC(c2cnc(Cc3ccccc3)s2)CC1. The minimum absolute atomic E-state index is 0.152. The molecule has 4 nitrogen and oxygen atoms in total. The molecule has 0 aliphatic carbocycles. The molecule has 25 heavy (non-hydrogen) atoms. The number of ether oxygens (including phenoxy) is 1. The van der Waals surface area contributed by atoms with E-state index in [0.29, 0.717) is 12.5 Å². The molecule has 3 rings (SSSR count). The van der Waals surface area contributed by atoms with Crippen LogP contribution in [0.4, 0.5) is 4.79 Å². The van der Waals surface area contributed by atoms with Gasteiger partial charge in [-0.25, -0.2) is 9.78 Å². The van der Waals surface area contributed by atoms with Crippen molar-refractivity contribution in [3.05, 3.63) is 52.0 Å². The zero-order valence-corrected chi connectivity index (χ0v) is 15.6. The number of rotatable bonds is 6. The predicted molar refractivity (Wildman–Crippen MR) is 101 cm³/mol. The molecule has 0 unspecified atom stereocenters. The van der Waals surface area contributed by atoms with E-state index >= 15 is 0 Å². The van der Waals surface area contributed by atoms with Crippen molar-refractivity contribution in [1.82, 2.24) is 9.88 Å². The third-order valence-corrected chi connectivity index (χ3v) is 5.81. The average molecular weight is 359 g/mol. The Kier molecular flexibility index (Phi) is 6.45. The van der Waals surface area contributed by atoms with Crippen molar-refractivity contribution in [1.29, 1.82) is 0 Å². The van der Waals surface area contributed by atoms with Gasteiger partial charge in [0.1, 0.15) is 0 Å². The summed E-state index contributed by atoms with van der Waals surface area (Å²) in [5.74, 6) is 0.515. The second-order valence-electron chi connectivity index (χ2n) is 6.55. The number of benzene rings is 1. The van der Waals surface area contributed by atoms with Crippen LogP contribution in [0.1, 0.15) is 54.0 Å². The summed E-state index contributed by atoms with van der Waals surface area (Å²) in [4.78, 5) is 19.8. The molecule has 0 radical (unpaired) electrons. The highest BCUT2D eigenvalue weighted by Gasteiger charge is 2.25. The quantitative estimate of drug-likeness (QED) is 0.693. The summed E-state index contributed by atoms with van der Waals surface area (Å²) in [5, 5.41) is 1.17. The van der Waals surface area contributed by atoms with Crippen molar-refractivity contribution in [2.24, 2.45) is 0 Å². The third kappa shape index (κ3) is 5.05. The molecule has 1 aliphatic heterocycles. The topological polar surface area (TPSA) is 42.4 Å². The molecule has 0 spiro atoms. The summed E-state index contributed by atoms with van der Waals surface area (Å²) in [7, 11) is 0. The second kappa shape index (κ2) is 8.99. The zero-order chi connectivity index (χ0) is 17.5. The lowest BCUT2D eigenvalue weighted by atomic mass is 9.96. The van der Waals surface area contributed by atoms with Crippen LogP contribution in [-0.4, -0.2) is 35.7 Å². The number of unbranched alkanes of at least 4 members (excludes halogenated alkanes) is 1. The van der Waals surface area contributed by atoms with Crippen LogP contribution in [-0.2, 0) is 11.2 Å². The lowest BCUT2D eigenvalue weighted by Crippen LogP contribution is -2.38. The summed E-state index contributed by atoms with van der Waals surface area (Å²) in [5.41, 5.74) is 1.30. The zero-order valence-electron chi connectivity index (χ0n) is 14.8. The van der Waals surface area contributed by atoms with Gasteiger partial charge in [0.2, 0.25) is 0 Å². The maximum absolute atomic E-state index is 12.0. The second-order valence-corrected chi connectivity index (χ2v) is 7.69. The molecule has 5 heteroatoms. The number of hydrogen-bond acceptors (Lipinski definition) is 4. The number of aromatic nitrogens is 1. The summed E-state index contributed by atoms with van der Waals surface area (Å²) < 4.78 is 5.31. The standard InChI is InChI=1S/C20H26N2O2S/c1-2-3-13-24-20(23)22-11-9-17(10-12-22)18-15-21-19(25-18)14-16-7-5-4-6-8-16/h4-8,15,17H,2-3,9-14H2,1H3. The summed E-state index contributed by atoms with van der Waals surface area (Å²) >= 11 is 1.81. The first-order valence-corrected chi connectivity index (χ1v) is 9.98. The van der Waals surface area contributed by atoms with Gasteiger partial charge < -0.3 is 9.64 Å². The molecule has 1 aliphatic rings. The minimum atomic E-state index is -0.152. The number of likely N-dealkylation sites (tertiary alicyclic amines) is 1. The first kappa shape index (κ1) is 17.9. The summed E-state index contributed by atoms with van der Waals surface area (Å²) in [6, 6.07) is 10.5. The fraction of sp³-hybridized carbons (Fsp3) is 0.500. The number of thiazole rings is 1. The Morgan fingerprint density at radius 2 is 2.04 bits per heavy atom. The minimum Gasteiger partial charge on any atom is -0.449 e. The highest BCUT2D eigenvalue weighted by atomic mass is 32.1. The Labute approximate surface area is 153 Å². The van der Waals surface area contributed by atoms with Crippen molar-refractivity contribution >= 4 is 17.4 Å². The van der Waals surface area contributed by atoms with Gasteiger partial charge in [-0.3, -0.25) is 0 Å². The Hall–Kier alpha value is -1.88. The van der Waals surface area contributed by atoms with Gasteiger partial charge in [0.05, 0.1) is 11.6 Å². The van der Waals surface area contributed by atoms with Gasteiger partial charge in [0.15, 0.2) is 0 Å². The van der Waals surface area contributed by atoms with Gasteiger partial charge >= 0.3 is 6.09 Å². The van der Waals surface area contributed by atoms with E-state index < -0.39 is 0 Å². The summed E-state index contributed by atoms with van der Waals surface area (Å²) in [6.45, 7) is 4.19. The van der Waals surface area contributed by atoms with Crippen molar-refractivity contribution in [2.45, 2.75) is 44.9 Å². The Morgan fingerprint density at radius 1 is 1.28 bits per heavy atom. The van der Waals surface area contributed by atoms with E-state index in [1.807, 2.05) is 28.5 Å². The van der Waals surface area contributed by atoms with Crippen molar-refractivity contribution < 1.29 is 9.53 Å². The first-order valence-electron chi connectivity index (χ1n) is 9.16. The van der Waals surface area contributed by atoms with Crippen molar-refractivity contribution in [3.63, 3.8) is 0 Å². The Balaban J connectivity index is 1.49. The molecule has 1 aromatic heterocycles. The lowest BCUT2D eigenvalue weighted by Gasteiger charge is -2.30. The number of carbonyl (C=O) groups is 1. The summed E-state index contributed by atoms with van der Waals surface area (Å²) in [6.07, 6.45) is 6.75. The smallest absolute Gasteiger partial charge is 0.409 e. The van der Waals surface area contributed by atoms with Crippen LogP contribution in [0.25, 0.3) is 0 Å². The van der Waals surface area contributed by atoms with Crippen LogP contribution in [0.15, 0.2) is 36.5 Å². The van der Waals surface area contributed by atoms with Gasteiger partial charge in [-0.2, -0.15) is 0 Å². The van der Waals surface area contributed by atoms with E-state index in [4.69, 9.17) is 4.74 Å². The molecule has 1 saturated heterocycles. The van der Waals surface area contributed by atoms with Crippen LogP contribution < -0.4 is 0 Å². The Bertz CT molecular complexity index is 663. The highest BCUT2D eigenvalue weighted by molar-refractivity contribution is 7.11. The van der Waals surface area contributed by atoms with Crippen LogP contribution >= 0.6 is 11.3 Å². The molecule has 0 atom stereocenters. The molecule has 0 N–H and O–H groups in total. The van der Waals surface area contributed by atoms with E-state index in [0.717, 1.165) is 45.2 Å². The molecule has 0 saturated carbocycles.